The molecule has 3 heteroatoms. The third-order valence-corrected chi connectivity index (χ3v) is 2.82. The van der Waals surface area contributed by atoms with E-state index in [0.29, 0.717) is 12.2 Å². The average molecular weight is 255 g/mol. The summed E-state index contributed by atoms with van der Waals surface area (Å²) in [4.78, 5) is 16.0. The van der Waals surface area contributed by atoms with Gasteiger partial charge in [-0.2, -0.15) is 0 Å². The molecule has 0 N–H and O–H groups in total. The van der Waals surface area contributed by atoms with Gasteiger partial charge >= 0.3 is 0 Å². The zero-order chi connectivity index (χ0) is 13.5. The molecule has 0 aliphatic heterocycles. The molecular weight excluding hydrogens is 238 g/mol. The van der Waals surface area contributed by atoms with Crippen LogP contribution >= 0.6 is 0 Å². The van der Waals surface area contributed by atoms with Gasteiger partial charge in [0.25, 0.3) is 0 Å². The summed E-state index contributed by atoms with van der Waals surface area (Å²) in [7, 11) is 0. The monoisotopic (exact) mass is 255 g/mol. The fourth-order valence-corrected chi connectivity index (χ4v) is 1.70. The quantitative estimate of drug-likeness (QED) is 0.796. The van der Waals surface area contributed by atoms with Crippen LogP contribution in [0.5, 0.6) is 5.75 Å². The van der Waals surface area contributed by atoms with E-state index in [0.717, 1.165) is 12.1 Å². The molecule has 0 aliphatic rings. The molecule has 0 unspecified atom stereocenters. The Labute approximate surface area is 113 Å². The fraction of sp³-hybridized carbons (Fsp3) is 0.250. The number of ketones is 1. The molecule has 0 spiro atoms. The molecule has 2 rings (SSSR count). The third kappa shape index (κ3) is 4.21. The van der Waals surface area contributed by atoms with Crippen LogP contribution in [0, 0.1) is 0 Å². The Morgan fingerprint density at radius 1 is 1.16 bits per heavy atom. The first kappa shape index (κ1) is 13.3. The van der Waals surface area contributed by atoms with Gasteiger partial charge in [-0.1, -0.05) is 31.2 Å². The van der Waals surface area contributed by atoms with Crippen LogP contribution in [0.1, 0.15) is 18.2 Å². The molecule has 0 saturated heterocycles. The summed E-state index contributed by atoms with van der Waals surface area (Å²) in [6.07, 6.45) is 3.09. The summed E-state index contributed by atoms with van der Waals surface area (Å²) in [6, 6.07) is 13.2. The molecule has 1 aromatic heterocycles. The Morgan fingerprint density at radius 3 is 2.58 bits per heavy atom. The van der Waals surface area contributed by atoms with E-state index in [4.69, 9.17) is 4.74 Å². The third-order valence-electron chi connectivity index (χ3n) is 2.82. The molecule has 2 aromatic rings. The lowest BCUT2D eigenvalue weighted by molar-refractivity contribution is -0.120. The Balaban J connectivity index is 1.83. The number of carbonyl (C=O) groups is 1. The number of carbonyl (C=O) groups excluding carboxylic acids is 1. The molecule has 0 aliphatic carbocycles. The zero-order valence-electron chi connectivity index (χ0n) is 11.0. The van der Waals surface area contributed by atoms with Gasteiger partial charge < -0.3 is 4.74 Å². The van der Waals surface area contributed by atoms with Gasteiger partial charge in [0, 0.05) is 11.9 Å². The normalized spacial score (nSPS) is 10.2. The molecule has 0 radical (unpaired) electrons. The molecule has 0 amide bonds. The second-order valence-corrected chi connectivity index (χ2v) is 4.33. The highest BCUT2D eigenvalue weighted by Gasteiger charge is 2.06. The second kappa shape index (κ2) is 6.69. The number of Topliss-reactive ketones (excluding diaryl/α,β-unsaturated/α-hetero) is 1. The molecule has 19 heavy (non-hydrogen) atoms. The lowest BCUT2D eigenvalue weighted by Gasteiger charge is -2.05. The maximum Gasteiger partial charge on any atom is 0.176 e. The Morgan fingerprint density at radius 2 is 1.95 bits per heavy atom. The Bertz CT molecular complexity index is 520. The van der Waals surface area contributed by atoms with E-state index in [1.807, 2.05) is 48.7 Å². The summed E-state index contributed by atoms with van der Waals surface area (Å²) in [6.45, 7) is 2.16. The van der Waals surface area contributed by atoms with Crippen LogP contribution in [-0.2, 0) is 17.6 Å². The molecule has 0 atom stereocenters. The number of aryl methyl sites for hydroxylation is 1. The van der Waals surface area contributed by atoms with Crippen molar-refractivity contribution in [1.82, 2.24) is 4.98 Å². The van der Waals surface area contributed by atoms with E-state index in [1.54, 1.807) is 0 Å². The van der Waals surface area contributed by atoms with E-state index in [2.05, 4.69) is 11.9 Å². The van der Waals surface area contributed by atoms with Crippen LogP contribution in [0.15, 0.2) is 48.7 Å². The number of aromatic nitrogens is 1. The number of benzene rings is 1. The predicted octanol–water partition coefficient (Wildman–Crippen LogP) is 2.83. The summed E-state index contributed by atoms with van der Waals surface area (Å²) in [5, 5.41) is 0. The number of ether oxygens (including phenoxy) is 1. The number of hydrogen-bond acceptors (Lipinski definition) is 3. The maximum atomic E-state index is 11.8. The van der Waals surface area contributed by atoms with Crippen molar-refractivity contribution in [3.05, 3.63) is 59.9 Å². The second-order valence-electron chi connectivity index (χ2n) is 4.33. The van der Waals surface area contributed by atoms with Crippen molar-refractivity contribution in [3.63, 3.8) is 0 Å². The maximum absolute atomic E-state index is 11.8. The summed E-state index contributed by atoms with van der Waals surface area (Å²) in [5.41, 5.74) is 1.97. The van der Waals surface area contributed by atoms with E-state index in [1.165, 1.54) is 5.56 Å². The Kier molecular flexibility index (Phi) is 4.67. The van der Waals surface area contributed by atoms with Crippen molar-refractivity contribution >= 4 is 5.78 Å². The molecular formula is C16H17NO2. The number of pyridine rings is 1. The summed E-state index contributed by atoms with van der Waals surface area (Å²) >= 11 is 0. The van der Waals surface area contributed by atoms with Crippen LogP contribution in [0.4, 0.5) is 0 Å². The van der Waals surface area contributed by atoms with Crippen molar-refractivity contribution < 1.29 is 9.53 Å². The van der Waals surface area contributed by atoms with E-state index in [9.17, 15) is 4.79 Å². The lowest BCUT2D eigenvalue weighted by Crippen LogP contribution is -2.14. The summed E-state index contributed by atoms with van der Waals surface area (Å²) in [5.74, 6) is 0.741. The van der Waals surface area contributed by atoms with E-state index in [-0.39, 0.29) is 12.4 Å². The molecule has 0 bridgehead atoms. The van der Waals surface area contributed by atoms with Gasteiger partial charge in [0.05, 0.1) is 6.42 Å². The molecule has 1 heterocycles. The van der Waals surface area contributed by atoms with Crippen molar-refractivity contribution in [1.29, 1.82) is 0 Å². The highest BCUT2D eigenvalue weighted by molar-refractivity contribution is 5.81. The van der Waals surface area contributed by atoms with Crippen LogP contribution in [0.2, 0.25) is 0 Å². The van der Waals surface area contributed by atoms with Crippen molar-refractivity contribution in [2.45, 2.75) is 19.8 Å². The van der Waals surface area contributed by atoms with Crippen molar-refractivity contribution in [3.8, 4) is 5.75 Å². The first-order chi connectivity index (χ1) is 9.28. The number of nitrogens with zero attached hydrogens (tertiary/aromatic N) is 1. The first-order valence-electron chi connectivity index (χ1n) is 6.41. The smallest absolute Gasteiger partial charge is 0.176 e. The standard InChI is InChI=1S/C16H17NO2/c1-2-13-8-9-14(17-11-13)10-15(18)12-19-16-6-4-3-5-7-16/h3-9,11H,2,10,12H2,1H3. The van der Waals surface area contributed by atoms with Crippen molar-refractivity contribution in [2.24, 2.45) is 0 Å². The fourth-order valence-electron chi connectivity index (χ4n) is 1.70. The SMILES string of the molecule is CCc1ccc(CC(=O)COc2ccccc2)nc1. The molecule has 0 saturated carbocycles. The van der Waals surface area contributed by atoms with Crippen molar-refractivity contribution in [2.75, 3.05) is 6.61 Å². The Hall–Kier alpha value is -2.16. The number of para-hydroxylation sites is 1. The van der Waals surface area contributed by atoms with Crippen LogP contribution < -0.4 is 4.74 Å². The van der Waals surface area contributed by atoms with Gasteiger partial charge in [0.2, 0.25) is 0 Å². The predicted molar refractivity (Wildman–Crippen MR) is 74.3 cm³/mol. The van der Waals surface area contributed by atoms with Crippen LogP contribution in [0.25, 0.3) is 0 Å². The highest BCUT2D eigenvalue weighted by Crippen LogP contribution is 2.08. The minimum atomic E-state index is 0.0283. The molecule has 3 nitrogen and oxygen atoms in total. The van der Waals surface area contributed by atoms with Gasteiger partial charge in [-0.15, -0.1) is 0 Å². The minimum Gasteiger partial charge on any atom is -0.486 e. The topological polar surface area (TPSA) is 39.2 Å². The lowest BCUT2D eigenvalue weighted by atomic mass is 10.1. The van der Waals surface area contributed by atoms with Gasteiger partial charge in [-0.05, 0) is 30.2 Å². The van der Waals surface area contributed by atoms with E-state index < -0.39 is 0 Å². The minimum absolute atomic E-state index is 0.0283. The van der Waals surface area contributed by atoms with Gasteiger partial charge in [0.1, 0.15) is 12.4 Å². The van der Waals surface area contributed by atoms with Gasteiger partial charge in [-0.25, -0.2) is 0 Å². The van der Waals surface area contributed by atoms with Crippen LogP contribution in [0.3, 0.4) is 0 Å². The van der Waals surface area contributed by atoms with Gasteiger partial charge in [-0.3, -0.25) is 9.78 Å². The zero-order valence-corrected chi connectivity index (χ0v) is 11.0. The number of rotatable bonds is 6. The van der Waals surface area contributed by atoms with Crippen LogP contribution in [-0.4, -0.2) is 17.4 Å². The molecule has 0 fully saturated rings. The molecule has 98 valence electrons. The van der Waals surface area contributed by atoms with Gasteiger partial charge in [0.15, 0.2) is 5.78 Å². The molecule has 1 aromatic carbocycles. The number of hydrogen-bond donors (Lipinski definition) is 0. The average Bonchev–Trinajstić information content (AvgIpc) is 2.47. The largest absolute Gasteiger partial charge is 0.486 e. The van der Waals surface area contributed by atoms with E-state index >= 15 is 0 Å². The first-order valence-corrected chi connectivity index (χ1v) is 6.41. The summed E-state index contributed by atoms with van der Waals surface area (Å²) < 4.78 is 5.41. The highest BCUT2D eigenvalue weighted by atomic mass is 16.5.